The van der Waals surface area contributed by atoms with Crippen molar-refractivity contribution >= 4 is 39.1 Å². The normalized spacial score (nSPS) is 15.7. The summed E-state index contributed by atoms with van der Waals surface area (Å²) in [6.45, 7) is 4.38. The molecule has 0 unspecified atom stereocenters. The molecule has 0 saturated carbocycles. The van der Waals surface area contributed by atoms with Gasteiger partial charge in [-0.1, -0.05) is 23.7 Å². The van der Waals surface area contributed by atoms with Crippen molar-refractivity contribution in [1.82, 2.24) is 14.9 Å². The van der Waals surface area contributed by atoms with Crippen LogP contribution in [-0.2, 0) is 16.1 Å². The highest BCUT2D eigenvalue weighted by atomic mass is 35.5. The van der Waals surface area contributed by atoms with E-state index >= 15 is 0 Å². The smallest absolute Gasteiger partial charge is 0.309 e. The highest BCUT2D eigenvalue weighted by Crippen LogP contribution is 2.31. The van der Waals surface area contributed by atoms with E-state index in [9.17, 15) is 9.59 Å². The molecule has 1 aliphatic rings. The quantitative estimate of drug-likeness (QED) is 0.616. The van der Waals surface area contributed by atoms with Crippen LogP contribution < -0.4 is 5.56 Å². The van der Waals surface area contributed by atoms with E-state index in [4.69, 9.17) is 16.3 Å². The molecule has 0 radical (unpaired) electrons. The average molecular weight is 432 g/mol. The van der Waals surface area contributed by atoms with Crippen molar-refractivity contribution in [3.05, 3.63) is 50.8 Å². The molecule has 0 atom stereocenters. The first-order valence-corrected chi connectivity index (χ1v) is 11.0. The zero-order valence-electron chi connectivity index (χ0n) is 16.1. The number of fused-ring (bicyclic) bond motifs is 1. The number of rotatable bonds is 5. The molecule has 1 aliphatic heterocycles. The van der Waals surface area contributed by atoms with E-state index in [2.05, 4.69) is 14.9 Å². The van der Waals surface area contributed by atoms with Gasteiger partial charge in [0, 0.05) is 16.0 Å². The molecule has 1 fully saturated rings. The van der Waals surface area contributed by atoms with Crippen LogP contribution in [0.1, 0.15) is 25.6 Å². The summed E-state index contributed by atoms with van der Waals surface area (Å²) < 4.78 is 5.12. The molecule has 1 aromatic carbocycles. The van der Waals surface area contributed by atoms with Crippen LogP contribution in [0.15, 0.2) is 34.4 Å². The van der Waals surface area contributed by atoms with Gasteiger partial charge in [-0.05, 0) is 50.6 Å². The van der Waals surface area contributed by atoms with Crippen molar-refractivity contribution in [3.63, 3.8) is 0 Å². The van der Waals surface area contributed by atoms with Crippen LogP contribution in [0.25, 0.3) is 21.3 Å². The summed E-state index contributed by atoms with van der Waals surface area (Å²) in [5, 5.41) is 3.24. The third-order valence-corrected chi connectivity index (χ3v) is 6.35. The van der Waals surface area contributed by atoms with E-state index in [0.29, 0.717) is 29.4 Å². The predicted octanol–water partition coefficient (Wildman–Crippen LogP) is 4.08. The lowest BCUT2D eigenvalue weighted by Crippen LogP contribution is -2.37. The largest absolute Gasteiger partial charge is 0.466 e. The molecule has 0 amide bonds. The number of piperidine rings is 1. The number of hydrogen-bond donors (Lipinski definition) is 1. The number of likely N-dealkylation sites (tertiary alicyclic amines) is 1. The van der Waals surface area contributed by atoms with Crippen LogP contribution in [0.2, 0.25) is 5.02 Å². The van der Waals surface area contributed by atoms with E-state index in [1.807, 2.05) is 36.6 Å². The summed E-state index contributed by atoms with van der Waals surface area (Å²) in [5.74, 6) is 0.523. The highest BCUT2D eigenvalue weighted by molar-refractivity contribution is 7.17. The number of aromatic nitrogens is 2. The van der Waals surface area contributed by atoms with Gasteiger partial charge in [-0.2, -0.15) is 0 Å². The number of nitrogens with zero attached hydrogens (tertiary/aromatic N) is 2. The number of carbonyl (C=O) groups excluding carboxylic acids is 1. The Morgan fingerprint density at radius 1 is 1.31 bits per heavy atom. The van der Waals surface area contributed by atoms with Crippen molar-refractivity contribution in [3.8, 4) is 11.1 Å². The van der Waals surface area contributed by atoms with Crippen LogP contribution in [0.5, 0.6) is 0 Å². The molecule has 6 nitrogen and oxygen atoms in total. The Labute approximate surface area is 177 Å². The zero-order chi connectivity index (χ0) is 20.4. The lowest BCUT2D eigenvalue weighted by Gasteiger charge is -2.30. The molecule has 3 aromatic rings. The molecule has 3 heterocycles. The minimum absolute atomic E-state index is 0.0279. The Bertz CT molecular complexity index is 1070. The van der Waals surface area contributed by atoms with Gasteiger partial charge < -0.3 is 9.72 Å². The maximum atomic E-state index is 12.8. The van der Waals surface area contributed by atoms with Crippen molar-refractivity contribution in [2.45, 2.75) is 26.3 Å². The fourth-order valence-corrected chi connectivity index (χ4v) is 4.80. The van der Waals surface area contributed by atoms with Gasteiger partial charge in [0.25, 0.3) is 5.56 Å². The summed E-state index contributed by atoms with van der Waals surface area (Å²) >= 11 is 7.44. The highest BCUT2D eigenvalue weighted by Gasteiger charge is 2.26. The molecule has 1 N–H and O–H groups in total. The second-order valence-corrected chi connectivity index (χ2v) is 8.45. The van der Waals surface area contributed by atoms with Gasteiger partial charge in [-0.15, -0.1) is 11.3 Å². The monoisotopic (exact) mass is 431 g/mol. The molecule has 8 heteroatoms. The van der Waals surface area contributed by atoms with Gasteiger partial charge in [0.15, 0.2) is 0 Å². The topological polar surface area (TPSA) is 75.3 Å². The number of esters is 1. The number of ether oxygens (including phenoxy) is 1. The standard InChI is InChI=1S/C21H22ClN3O3S/c1-2-28-21(27)14-7-9-25(10-8-14)11-17-23-19(26)18-16(12-29-20(18)24-17)13-3-5-15(22)6-4-13/h3-6,12,14H,2,7-11H2,1H3,(H,23,24,26). The molecule has 2 aromatic heterocycles. The summed E-state index contributed by atoms with van der Waals surface area (Å²) in [7, 11) is 0. The van der Waals surface area contributed by atoms with Crippen LogP contribution in [0, 0.1) is 5.92 Å². The van der Waals surface area contributed by atoms with E-state index < -0.39 is 0 Å². The lowest BCUT2D eigenvalue weighted by molar-refractivity contribution is -0.149. The summed E-state index contributed by atoms with van der Waals surface area (Å²) in [4.78, 5) is 35.2. The Balaban J connectivity index is 1.50. The van der Waals surface area contributed by atoms with E-state index in [0.717, 1.165) is 41.9 Å². The van der Waals surface area contributed by atoms with Crippen molar-refractivity contribution in [2.24, 2.45) is 5.92 Å². The molecule has 29 heavy (non-hydrogen) atoms. The molecule has 1 saturated heterocycles. The number of nitrogens with one attached hydrogen (secondary N) is 1. The number of benzene rings is 1. The molecule has 4 rings (SSSR count). The van der Waals surface area contributed by atoms with Crippen LogP contribution >= 0.6 is 22.9 Å². The third-order valence-electron chi connectivity index (χ3n) is 5.23. The van der Waals surface area contributed by atoms with E-state index in [1.165, 1.54) is 11.3 Å². The number of H-pyrrole nitrogens is 1. The number of thiophene rings is 1. The van der Waals surface area contributed by atoms with E-state index in [-0.39, 0.29) is 17.4 Å². The molecular weight excluding hydrogens is 410 g/mol. The van der Waals surface area contributed by atoms with Gasteiger partial charge in [0.2, 0.25) is 0 Å². The Hall–Kier alpha value is -2.22. The molecule has 152 valence electrons. The molecule has 0 bridgehead atoms. The second kappa shape index (κ2) is 8.65. The Kier molecular flexibility index (Phi) is 5.99. The van der Waals surface area contributed by atoms with Crippen LogP contribution in [0.3, 0.4) is 0 Å². The first-order valence-electron chi connectivity index (χ1n) is 9.70. The fraction of sp³-hybridized carbons (Fsp3) is 0.381. The number of halogens is 1. The second-order valence-electron chi connectivity index (χ2n) is 7.15. The third kappa shape index (κ3) is 4.37. The number of carbonyl (C=O) groups is 1. The minimum Gasteiger partial charge on any atom is -0.466 e. The maximum absolute atomic E-state index is 12.8. The minimum atomic E-state index is -0.127. The SMILES string of the molecule is CCOC(=O)C1CCN(Cc2nc3scc(-c4ccc(Cl)cc4)c3c(=O)[nH]2)CC1. The van der Waals surface area contributed by atoms with Gasteiger partial charge in [0.1, 0.15) is 10.7 Å². The van der Waals surface area contributed by atoms with Gasteiger partial charge in [-0.3, -0.25) is 14.5 Å². The Morgan fingerprint density at radius 2 is 2.03 bits per heavy atom. The van der Waals surface area contributed by atoms with Crippen molar-refractivity contribution < 1.29 is 9.53 Å². The van der Waals surface area contributed by atoms with Gasteiger partial charge in [-0.25, -0.2) is 4.98 Å². The van der Waals surface area contributed by atoms with Gasteiger partial charge >= 0.3 is 5.97 Å². The van der Waals surface area contributed by atoms with Crippen molar-refractivity contribution in [1.29, 1.82) is 0 Å². The lowest BCUT2D eigenvalue weighted by atomic mass is 9.97. The summed E-state index contributed by atoms with van der Waals surface area (Å²) in [6.07, 6.45) is 1.54. The zero-order valence-corrected chi connectivity index (χ0v) is 17.7. The predicted molar refractivity (Wildman–Crippen MR) is 115 cm³/mol. The van der Waals surface area contributed by atoms with Crippen LogP contribution in [0.4, 0.5) is 0 Å². The molecule has 0 aliphatic carbocycles. The van der Waals surface area contributed by atoms with E-state index in [1.54, 1.807) is 0 Å². The summed E-state index contributed by atoms with van der Waals surface area (Å²) in [6, 6.07) is 7.45. The Morgan fingerprint density at radius 3 is 2.72 bits per heavy atom. The molecule has 0 spiro atoms. The summed E-state index contributed by atoms with van der Waals surface area (Å²) in [5.41, 5.74) is 1.69. The molecular formula is C21H22ClN3O3S. The maximum Gasteiger partial charge on any atom is 0.309 e. The first-order chi connectivity index (χ1) is 14.0. The average Bonchev–Trinajstić information content (AvgIpc) is 3.14. The first kappa shape index (κ1) is 20.1. The fourth-order valence-electron chi connectivity index (χ4n) is 3.71. The van der Waals surface area contributed by atoms with Crippen LogP contribution in [-0.4, -0.2) is 40.5 Å². The van der Waals surface area contributed by atoms with Crippen molar-refractivity contribution in [2.75, 3.05) is 19.7 Å². The number of aromatic amines is 1. The van der Waals surface area contributed by atoms with Gasteiger partial charge in [0.05, 0.1) is 24.5 Å². The number of hydrogen-bond acceptors (Lipinski definition) is 6.